The molecule has 4 amide bonds. The standard InChI is InChI=1S/C32H36FN5O3/c1-22(2)30-31(40)36(19-27(24-10-6-4-7-11-24)25-12-8-5-9-13-25)20-28-37(30)29(39)21-35(3)38(28)32(41)34-18-23-14-16-26(33)17-15-23/h4-17,22,27-28,30H,18-21H2,1-3H3,(H,34,41)/t28-,30-/m0/s1. The predicted molar refractivity (Wildman–Crippen MR) is 154 cm³/mol. The van der Waals surface area contributed by atoms with Crippen LogP contribution in [0.1, 0.15) is 36.5 Å². The summed E-state index contributed by atoms with van der Waals surface area (Å²) in [5.74, 6) is -0.886. The Kier molecular flexibility index (Phi) is 8.35. The number of piperazine rings is 1. The predicted octanol–water partition coefficient (Wildman–Crippen LogP) is 4.05. The molecule has 2 aliphatic rings. The van der Waals surface area contributed by atoms with Gasteiger partial charge in [0.05, 0.1) is 13.1 Å². The number of likely N-dealkylation sites (N-methyl/N-ethyl adjacent to an activating group) is 1. The lowest BCUT2D eigenvalue weighted by atomic mass is 9.89. The Bertz CT molecular complexity index is 1330. The Labute approximate surface area is 240 Å². The summed E-state index contributed by atoms with van der Waals surface area (Å²) >= 11 is 0. The van der Waals surface area contributed by atoms with E-state index >= 15 is 0 Å². The van der Waals surface area contributed by atoms with E-state index in [1.165, 1.54) is 12.1 Å². The van der Waals surface area contributed by atoms with E-state index in [4.69, 9.17) is 0 Å². The first-order valence-corrected chi connectivity index (χ1v) is 14.0. The Morgan fingerprint density at radius 3 is 2.07 bits per heavy atom. The fourth-order valence-electron chi connectivity index (χ4n) is 5.88. The van der Waals surface area contributed by atoms with Gasteiger partial charge in [0.15, 0.2) is 0 Å². The van der Waals surface area contributed by atoms with E-state index in [1.54, 1.807) is 34.1 Å². The number of hydrazine groups is 1. The van der Waals surface area contributed by atoms with Crippen molar-refractivity contribution in [1.82, 2.24) is 25.1 Å². The number of hydrogen-bond acceptors (Lipinski definition) is 4. The highest BCUT2D eigenvalue weighted by molar-refractivity contribution is 5.91. The lowest BCUT2D eigenvalue weighted by Crippen LogP contribution is -2.76. The van der Waals surface area contributed by atoms with E-state index in [0.29, 0.717) is 6.54 Å². The minimum atomic E-state index is -0.699. The molecule has 3 aromatic carbocycles. The second-order valence-corrected chi connectivity index (χ2v) is 11.0. The second kappa shape index (κ2) is 12.1. The summed E-state index contributed by atoms with van der Waals surface area (Å²) in [5.41, 5.74) is 2.92. The van der Waals surface area contributed by atoms with Gasteiger partial charge in [-0.3, -0.25) is 9.59 Å². The van der Waals surface area contributed by atoms with Gasteiger partial charge in [0.2, 0.25) is 11.8 Å². The van der Waals surface area contributed by atoms with Crippen molar-refractivity contribution >= 4 is 17.8 Å². The summed E-state index contributed by atoms with van der Waals surface area (Å²) in [4.78, 5) is 44.4. The summed E-state index contributed by atoms with van der Waals surface area (Å²) in [7, 11) is 1.70. The number of hydrogen-bond donors (Lipinski definition) is 1. The third kappa shape index (κ3) is 5.95. The molecule has 41 heavy (non-hydrogen) atoms. The number of carbonyl (C=O) groups excluding carboxylic acids is 3. The lowest BCUT2D eigenvalue weighted by molar-refractivity contribution is -0.190. The molecule has 9 heteroatoms. The Morgan fingerprint density at radius 1 is 0.927 bits per heavy atom. The van der Waals surface area contributed by atoms with Crippen LogP contribution in [0.15, 0.2) is 84.9 Å². The van der Waals surface area contributed by atoms with Crippen LogP contribution in [0.5, 0.6) is 0 Å². The highest BCUT2D eigenvalue weighted by Gasteiger charge is 2.51. The topological polar surface area (TPSA) is 76.2 Å². The summed E-state index contributed by atoms with van der Waals surface area (Å²) in [6.07, 6.45) is -0.674. The molecule has 2 atom stereocenters. The summed E-state index contributed by atoms with van der Waals surface area (Å²) in [5, 5.41) is 6.06. The van der Waals surface area contributed by atoms with Gasteiger partial charge in [-0.25, -0.2) is 19.2 Å². The van der Waals surface area contributed by atoms with Crippen LogP contribution in [0, 0.1) is 11.7 Å². The minimum absolute atomic E-state index is 0.0202. The molecule has 2 fully saturated rings. The Hall–Kier alpha value is -4.24. The molecule has 2 aliphatic heterocycles. The average molecular weight is 558 g/mol. The number of benzene rings is 3. The average Bonchev–Trinajstić information content (AvgIpc) is 2.96. The van der Waals surface area contributed by atoms with Gasteiger partial charge in [0.25, 0.3) is 0 Å². The first-order valence-electron chi connectivity index (χ1n) is 14.0. The molecule has 214 valence electrons. The zero-order valence-corrected chi connectivity index (χ0v) is 23.6. The fourth-order valence-corrected chi connectivity index (χ4v) is 5.88. The molecule has 0 aromatic heterocycles. The van der Waals surface area contributed by atoms with Crippen molar-refractivity contribution in [2.45, 2.75) is 38.5 Å². The van der Waals surface area contributed by atoms with Crippen molar-refractivity contribution in [3.05, 3.63) is 107 Å². The number of halogens is 1. The number of amides is 4. The van der Waals surface area contributed by atoms with E-state index in [2.05, 4.69) is 29.6 Å². The quantitative estimate of drug-likeness (QED) is 0.476. The van der Waals surface area contributed by atoms with Crippen LogP contribution < -0.4 is 5.32 Å². The number of carbonyl (C=O) groups is 3. The van der Waals surface area contributed by atoms with Crippen LogP contribution in [0.4, 0.5) is 9.18 Å². The molecule has 8 nitrogen and oxygen atoms in total. The molecular weight excluding hydrogens is 521 g/mol. The zero-order valence-electron chi connectivity index (χ0n) is 23.6. The van der Waals surface area contributed by atoms with E-state index in [9.17, 15) is 18.8 Å². The summed E-state index contributed by atoms with van der Waals surface area (Å²) < 4.78 is 13.4. The lowest BCUT2D eigenvalue weighted by Gasteiger charge is -2.55. The molecule has 0 radical (unpaired) electrons. The van der Waals surface area contributed by atoms with Crippen molar-refractivity contribution in [2.24, 2.45) is 5.92 Å². The van der Waals surface area contributed by atoms with Crippen molar-refractivity contribution in [3.8, 4) is 0 Å². The van der Waals surface area contributed by atoms with Crippen molar-refractivity contribution < 1.29 is 18.8 Å². The van der Waals surface area contributed by atoms with E-state index < -0.39 is 18.2 Å². The van der Waals surface area contributed by atoms with Gasteiger partial charge in [0.1, 0.15) is 18.0 Å². The molecule has 0 unspecified atom stereocenters. The zero-order chi connectivity index (χ0) is 29.1. The molecule has 5 rings (SSSR count). The van der Waals surface area contributed by atoms with E-state index in [1.807, 2.05) is 55.1 Å². The van der Waals surface area contributed by atoms with Crippen LogP contribution in [0.3, 0.4) is 0 Å². The number of nitrogens with zero attached hydrogens (tertiary/aromatic N) is 4. The Morgan fingerprint density at radius 2 is 1.51 bits per heavy atom. The molecule has 0 aliphatic carbocycles. The molecule has 0 spiro atoms. The van der Waals surface area contributed by atoms with Crippen LogP contribution >= 0.6 is 0 Å². The maximum absolute atomic E-state index is 14.0. The highest BCUT2D eigenvalue weighted by atomic mass is 19.1. The number of fused-ring (bicyclic) bond motifs is 1. The number of rotatable bonds is 7. The first kappa shape index (κ1) is 28.3. The van der Waals surface area contributed by atoms with Gasteiger partial charge in [-0.1, -0.05) is 86.6 Å². The molecule has 0 bridgehead atoms. The van der Waals surface area contributed by atoms with Gasteiger partial charge in [0, 0.05) is 26.1 Å². The number of nitrogens with one attached hydrogen (secondary N) is 1. The largest absolute Gasteiger partial charge is 0.336 e. The van der Waals surface area contributed by atoms with E-state index in [-0.39, 0.29) is 49.1 Å². The molecule has 2 heterocycles. The fraction of sp³-hybridized carbons (Fsp3) is 0.344. The first-order chi connectivity index (χ1) is 19.7. The summed E-state index contributed by atoms with van der Waals surface area (Å²) in [6.45, 7) is 4.62. The minimum Gasteiger partial charge on any atom is -0.336 e. The molecular formula is C32H36FN5O3. The molecule has 0 saturated carbocycles. The van der Waals surface area contributed by atoms with Gasteiger partial charge in [-0.15, -0.1) is 0 Å². The highest BCUT2D eigenvalue weighted by Crippen LogP contribution is 2.32. The van der Waals surface area contributed by atoms with Gasteiger partial charge < -0.3 is 15.1 Å². The van der Waals surface area contributed by atoms with Crippen LogP contribution in [-0.4, -0.2) is 76.6 Å². The maximum Gasteiger partial charge on any atom is 0.334 e. The van der Waals surface area contributed by atoms with E-state index in [0.717, 1.165) is 16.7 Å². The SMILES string of the molecule is CC(C)[C@H]1C(=O)N(CC(c2ccccc2)c2ccccc2)C[C@H]2N1C(=O)CN(C)N2C(=O)NCc1ccc(F)cc1. The number of urea groups is 1. The van der Waals surface area contributed by atoms with Gasteiger partial charge in [-0.05, 0) is 34.7 Å². The van der Waals surface area contributed by atoms with Crippen LogP contribution in [-0.2, 0) is 16.1 Å². The normalized spacial score (nSPS) is 19.6. The second-order valence-electron chi connectivity index (χ2n) is 11.0. The van der Waals surface area contributed by atoms with Crippen molar-refractivity contribution in [2.75, 3.05) is 26.7 Å². The molecule has 2 saturated heterocycles. The third-order valence-corrected chi connectivity index (χ3v) is 7.87. The Balaban J connectivity index is 1.45. The molecule has 3 aromatic rings. The third-order valence-electron chi connectivity index (χ3n) is 7.87. The summed E-state index contributed by atoms with van der Waals surface area (Å²) in [6, 6.07) is 25.0. The smallest absolute Gasteiger partial charge is 0.334 e. The van der Waals surface area contributed by atoms with Crippen LogP contribution in [0.25, 0.3) is 0 Å². The van der Waals surface area contributed by atoms with Crippen molar-refractivity contribution in [1.29, 1.82) is 0 Å². The monoisotopic (exact) mass is 557 g/mol. The maximum atomic E-state index is 14.0. The van der Waals surface area contributed by atoms with Crippen molar-refractivity contribution in [3.63, 3.8) is 0 Å². The van der Waals surface area contributed by atoms with Crippen LogP contribution in [0.2, 0.25) is 0 Å². The van der Waals surface area contributed by atoms with Gasteiger partial charge in [-0.2, -0.15) is 0 Å². The molecule has 1 N–H and O–H groups in total. The van der Waals surface area contributed by atoms with Gasteiger partial charge >= 0.3 is 6.03 Å².